The summed E-state index contributed by atoms with van der Waals surface area (Å²) in [5, 5.41) is 0. The van der Waals surface area contributed by atoms with Crippen molar-refractivity contribution in [2.24, 2.45) is 0 Å². The molecule has 3 aromatic rings. The van der Waals surface area contributed by atoms with Gasteiger partial charge >= 0.3 is 6.36 Å². The van der Waals surface area contributed by atoms with Gasteiger partial charge in [-0.15, -0.1) is 13.2 Å². The van der Waals surface area contributed by atoms with Crippen molar-refractivity contribution < 1.29 is 31.5 Å². The molecule has 1 heterocycles. The fourth-order valence-electron chi connectivity index (χ4n) is 3.60. The summed E-state index contributed by atoms with van der Waals surface area (Å²) in [7, 11) is 0. The van der Waals surface area contributed by atoms with Crippen molar-refractivity contribution in [3.8, 4) is 5.75 Å². The van der Waals surface area contributed by atoms with Crippen LogP contribution in [0.15, 0.2) is 84.4 Å². The van der Waals surface area contributed by atoms with E-state index < -0.39 is 24.0 Å². The van der Waals surface area contributed by atoms with Crippen LogP contribution in [0.2, 0.25) is 0 Å². The fraction of sp³-hybridized carbons (Fsp3) is 0.125. The Balaban J connectivity index is 1.64. The minimum absolute atomic E-state index is 0.147. The van der Waals surface area contributed by atoms with Gasteiger partial charge in [-0.3, -0.25) is 9.69 Å². The first kappa shape index (κ1) is 21.5. The van der Waals surface area contributed by atoms with E-state index >= 15 is 0 Å². The highest BCUT2D eigenvalue weighted by Crippen LogP contribution is 2.37. The van der Waals surface area contributed by atoms with Gasteiger partial charge in [-0.1, -0.05) is 24.3 Å². The van der Waals surface area contributed by atoms with Gasteiger partial charge in [-0.05, 0) is 65.7 Å². The van der Waals surface area contributed by atoms with E-state index in [-0.39, 0.29) is 18.1 Å². The van der Waals surface area contributed by atoms with Gasteiger partial charge in [0.05, 0.1) is 6.04 Å². The van der Waals surface area contributed by atoms with Crippen molar-refractivity contribution in [3.63, 3.8) is 0 Å². The van der Waals surface area contributed by atoms with Gasteiger partial charge in [-0.2, -0.15) is 0 Å². The van der Waals surface area contributed by atoms with E-state index in [1.165, 1.54) is 71.6 Å². The van der Waals surface area contributed by atoms with Crippen molar-refractivity contribution in [2.75, 3.05) is 4.90 Å². The molecular weight excluding hydrogens is 429 g/mol. The fourth-order valence-corrected chi connectivity index (χ4v) is 3.60. The zero-order valence-corrected chi connectivity index (χ0v) is 16.4. The molecule has 0 bridgehead atoms. The number of carbonyl (C=O) groups excluding carboxylic acids is 1. The first-order valence-electron chi connectivity index (χ1n) is 9.59. The molecule has 0 spiro atoms. The Morgan fingerprint density at radius 2 is 1.56 bits per heavy atom. The average Bonchev–Trinajstić information content (AvgIpc) is 3.05. The Labute approximate surface area is 180 Å². The third-order valence-corrected chi connectivity index (χ3v) is 4.98. The first-order chi connectivity index (χ1) is 15.2. The molecule has 3 nitrogen and oxygen atoms in total. The molecule has 8 heteroatoms. The number of ether oxygens (including phenoxy) is 1. The zero-order valence-electron chi connectivity index (χ0n) is 16.4. The maximum atomic E-state index is 13.8. The van der Waals surface area contributed by atoms with Gasteiger partial charge in [-0.25, -0.2) is 8.78 Å². The topological polar surface area (TPSA) is 29.5 Å². The van der Waals surface area contributed by atoms with Gasteiger partial charge < -0.3 is 4.74 Å². The lowest BCUT2D eigenvalue weighted by atomic mass is 10.0. The van der Waals surface area contributed by atoms with Crippen LogP contribution in [-0.2, 0) is 11.2 Å². The maximum Gasteiger partial charge on any atom is 0.573 e. The Morgan fingerprint density at radius 3 is 2.19 bits per heavy atom. The van der Waals surface area contributed by atoms with Crippen LogP contribution in [0.5, 0.6) is 5.75 Å². The SMILES string of the molecule is O=C1C(Cc2ccc(OC(F)(F)F)cc2)=CC(c2cccc(F)c2)N1c1ccc(F)cc1. The summed E-state index contributed by atoms with van der Waals surface area (Å²) in [5.74, 6) is -1.65. The van der Waals surface area contributed by atoms with Crippen molar-refractivity contribution in [1.29, 1.82) is 0 Å². The molecule has 1 unspecified atom stereocenters. The van der Waals surface area contributed by atoms with Crippen LogP contribution >= 0.6 is 0 Å². The Bertz CT molecular complexity index is 1150. The zero-order chi connectivity index (χ0) is 22.9. The highest BCUT2D eigenvalue weighted by molar-refractivity contribution is 6.09. The van der Waals surface area contributed by atoms with Crippen LogP contribution in [0.3, 0.4) is 0 Å². The van der Waals surface area contributed by atoms with Crippen LogP contribution in [-0.4, -0.2) is 12.3 Å². The molecule has 0 saturated heterocycles. The summed E-state index contributed by atoms with van der Waals surface area (Å²) < 4.78 is 68.1. The predicted molar refractivity (Wildman–Crippen MR) is 108 cm³/mol. The number of rotatable bonds is 5. The van der Waals surface area contributed by atoms with Crippen molar-refractivity contribution >= 4 is 11.6 Å². The monoisotopic (exact) mass is 445 g/mol. The molecule has 0 N–H and O–H groups in total. The summed E-state index contributed by atoms with van der Waals surface area (Å²) in [6.45, 7) is 0. The molecule has 4 rings (SSSR count). The molecule has 1 amide bonds. The third-order valence-electron chi connectivity index (χ3n) is 4.98. The summed E-state index contributed by atoms with van der Waals surface area (Å²) in [5.41, 5.74) is 1.95. The first-order valence-corrected chi connectivity index (χ1v) is 9.59. The number of alkyl halides is 3. The average molecular weight is 445 g/mol. The van der Waals surface area contributed by atoms with Crippen molar-refractivity contribution in [1.82, 2.24) is 0 Å². The number of hydrogen-bond donors (Lipinski definition) is 0. The minimum atomic E-state index is -4.79. The summed E-state index contributed by atoms with van der Waals surface area (Å²) in [6.07, 6.45) is -2.96. The molecule has 0 aromatic heterocycles. The summed E-state index contributed by atoms with van der Waals surface area (Å²) >= 11 is 0. The molecule has 1 atom stereocenters. The highest BCUT2D eigenvalue weighted by atomic mass is 19.4. The number of halogens is 5. The molecule has 164 valence electrons. The molecule has 1 aliphatic heterocycles. The van der Waals surface area contributed by atoms with E-state index in [4.69, 9.17) is 0 Å². The molecular formula is C24H16F5NO2. The van der Waals surface area contributed by atoms with Crippen LogP contribution in [0.1, 0.15) is 17.2 Å². The Kier molecular flexibility index (Phi) is 5.69. The number of hydrogen-bond acceptors (Lipinski definition) is 2. The molecule has 0 fully saturated rings. The number of amides is 1. The Hall–Kier alpha value is -3.68. The summed E-state index contributed by atoms with van der Waals surface area (Å²) in [4.78, 5) is 14.7. The third kappa shape index (κ3) is 4.80. The Morgan fingerprint density at radius 1 is 0.875 bits per heavy atom. The molecule has 0 radical (unpaired) electrons. The van der Waals surface area contributed by atoms with E-state index in [2.05, 4.69) is 4.74 Å². The number of nitrogens with zero attached hydrogens (tertiary/aromatic N) is 1. The molecule has 3 aromatic carbocycles. The van der Waals surface area contributed by atoms with E-state index in [0.29, 0.717) is 22.4 Å². The van der Waals surface area contributed by atoms with E-state index in [1.54, 1.807) is 12.1 Å². The normalized spacial score (nSPS) is 16.3. The highest BCUT2D eigenvalue weighted by Gasteiger charge is 2.35. The van der Waals surface area contributed by atoms with E-state index in [1.807, 2.05) is 0 Å². The van der Waals surface area contributed by atoms with Crippen LogP contribution < -0.4 is 9.64 Å². The second kappa shape index (κ2) is 8.45. The van der Waals surface area contributed by atoms with Crippen LogP contribution in [0, 0.1) is 11.6 Å². The standard InChI is InChI=1S/C24H16F5NO2/c25-18-6-8-20(9-7-18)30-22(16-2-1-3-19(26)13-16)14-17(23(30)31)12-15-4-10-21(11-5-15)32-24(27,28)29/h1-11,13-14,22H,12H2. The van der Waals surface area contributed by atoms with Gasteiger partial charge in [0.2, 0.25) is 0 Å². The van der Waals surface area contributed by atoms with Crippen molar-refractivity contribution in [3.05, 3.63) is 107 Å². The summed E-state index contributed by atoms with van der Waals surface area (Å²) in [6, 6.07) is 15.8. The second-order valence-electron chi connectivity index (χ2n) is 7.21. The molecule has 0 saturated carbocycles. The quantitative estimate of drug-likeness (QED) is 0.443. The molecule has 0 aliphatic carbocycles. The van der Waals surface area contributed by atoms with Crippen LogP contribution in [0.25, 0.3) is 0 Å². The molecule has 1 aliphatic rings. The van der Waals surface area contributed by atoms with E-state index in [0.717, 1.165) is 0 Å². The smallest absolute Gasteiger partial charge is 0.406 e. The van der Waals surface area contributed by atoms with Gasteiger partial charge in [0.1, 0.15) is 17.4 Å². The van der Waals surface area contributed by atoms with Crippen molar-refractivity contribution in [2.45, 2.75) is 18.8 Å². The number of carbonyl (C=O) groups is 1. The lowest BCUT2D eigenvalue weighted by Gasteiger charge is -2.25. The predicted octanol–water partition coefficient (Wildman–Crippen LogP) is 6.12. The minimum Gasteiger partial charge on any atom is -0.406 e. The largest absolute Gasteiger partial charge is 0.573 e. The van der Waals surface area contributed by atoms with E-state index in [9.17, 15) is 26.7 Å². The lowest BCUT2D eigenvalue weighted by Crippen LogP contribution is -2.30. The van der Waals surface area contributed by atoms with Crippen LogP contribution in [0.4, 0.5) is 27.6 Å². The van der Waals surface area contributed by atoms with Gasteiger partial charge in [0.25, 0.3) is 5.91 Å². The molecule has 32 heavy (non-hydrogen) atoms. The lowest BCUT2D eigenvalue weighted by molar-refractivity contribution is -0.274. The number of benzene rings is 3. The number of anilines is 1. The second-order valence-corrected chi connectivity index (χ2v) is 7.21. The van der Waals surface area contributed by atoms with Gasteiger partial charge in [0.15, 0.2) is 0 Å². The van der Waals surface area contributed by atoms with Gasteiger partial charge in [0, 0.05) is 17.7 Å². The maximum absolute atomic E-state index is 13.8.